The normalized spacial score (nSPS) is 11.8. The van der Waals surface area contributed by atoms with Crippen LogP contribution in [0.5, 0.6) is 0 Å². The van der Waals surface area contributed by atoms with E-state index >= 15 is 0 Å². The molecule has 0 radical (unpaired) electrons. The van der Waals surface area contributed by atoms with Crippen LogP contribution in [0.25, 0.3) is 0 Å². The van der Waals surface area contributed by atoms with Gasteiger partial charge in [0, 0.05) is 13.1 Å². The zero-order valence-electron chi connectivity index (χ0n) is 7.86. The van der Waals surface area contributed by atoms with Gasteiger partial charge < -0.3 is 14.0 Å². The smallest absolute Gasteiger partial charge is 0.781 e. The zero-order valence-corrected chi connectivity index (χ0v) is 10.9. The van der Waals surface area contributed by atoms with Gasteiger partial charge in [0.15, 0.2) is 0 Å². The average Bonchev–Trinajstić information content (AvgIpc) is 2.01. The summed E-state index contributed by atoms with van der Waals surface area (Å²) in [6.45, 7) is 8.30. The van der Waals surface area contributed by atoms with Gasteiger partial charge in [0.1, 0.15) is 15.0 Å². The van der Waals surface area contributed by atoms with E-state index in [1.807, 2.05) is 0 Å². The summed E-state index contributed by atoms with van der Waals surface area (Å²) in [6, 6.07) is 0. The van der Waals surface area contributed by atoms with E-state index in [4.69, 9.17) is 0 Å². The van der Waals surface area contributed by atoms with Gasteiger partial charge in [-0.15, -0.1) is 13.2 Å². The summed E-state index contributed by atoms with van der Waals surface area (Å²) in [5.74, 6) is 0. The fourth-order valence-electron chi connectivity index (χ4n) is 0.689. The van der Waals surface area contributed by atoms with Gasteiger partial charge in [0.2, 0.25) is 0 Å². The minimum absolute atomic E-state index is 0. The van der Waals surface area contributed by atoms with Gasteiger partial charge in [-0.25, -0.2) is 0 Å². The molecule has 0 bridgehead atoms. The fourth-order valence-corrected chi connectivity index (χ4v) is 0.977. The Morgan fingerprint density at radius 2 is 1.85 bits per heavy atom. The van der Waals surface area contributed by atoms with E-state index in [2.05, 4.69) is 17.7 Å². The van der Waals surface area contributed by atoms with Crippen LogP contribution in [0.4, 0.5) is 0 Å². The standard InChI is InChI=1S/C7H14NO3P.Na/c1-3-5-8(6-4-2)7-11-12(9)10;/h3-4,12H,1-2,5-7H2,(H,9,10);/q;+1/p-1. The molecule has 0 aromatic heterocycles. The molecule has 0 N–H and O–H groups in total. The molecule has 0 amide bonds. The first-order valence-electron chi connectivity index (χ1n) is 3.48. The summed E-state index contributed by atoms with van der Waals surface area (Å²) >= 11 is 0. The Kier molecular flexibility index (Phi) is 13.2. The second kappa shape index (κ2) is 10.7. The van der Waals surface area contributed by atoms with E-state index in [0.29, 0.717) is 13.1 Å². The van der Waals surface area contributed by atoms with Crippen molar-refractivity contribution < 1.29 is 43.5 Å². The first-order chi connectivity index (χ1) is 5.70. The first kappa shape index (κ1) is 16.0. The molecule has 1 unspecified atom stereocenters. The Morgan fingerprint density at radius 3 is 2.15 bits per heavy atom. The fraction of sp³-hybridized carbons (Fsp3) is 0.429. The van der Waals surface area contributed by atoms with Crippen molar-refractivity contribution in [3.63, 3.8) is 0 Å². The molecule has 0 fully saturated rings. The summed E-state index contributed by atoms with van der Waals surface area (Å²) in [5.41, 5.74) is 0. The van der Waals surface area contributed by atoms with Gasteiger partial charge in [-0.2, -0.15) is 0 Å². The van der Waals surface area contributed by atoms with Crippen LogP contribution >= 0.6 is 8.25 Å². The van der Waals surface area contributed by atoms with E-state index < -0.39 is 8.25 Å². The monoisotopic (exact) mass is 213 g/mol. The maximum Gasteiger partial charge on any atom is 1.00 e. The molecule has 0 spiro atoms. The van der Waals surface area contributed by atoms with Crippen LogP contribution in [-0.2, 0) is 9.09 Å². The summed E-state index contributed by atoms with van der Waals surface area (Å²) in [7, 11) is -3.08. The van der Waals surface area contributed by atoms with Gasteiger partial charge >= 0.3 is 29.6 Å². The van der Waals surface area contributed by atoms with E-state index in [0.717, 1.165) is 0 Å². The minimum atomic E-state index is -3.08. The summed E-state index contributed by atoms with van der Waals surface area (Å²) in [4.78, 5) is 11.8. The maximum absolute atomic E-state index is 10.1. The molecule has 0 saturated carbocycles. The third-order valence-corrected chi connectivity index (χ3v) is 1.50. The molecular weight excluding hydrogens is 200 g/mol. The molecule has 0 aromatic carbocycles. The van der Waals surface area contributed by atoms with Crippen molar-refractivity contribution in [3.05, 3.63) is 25.3 Å². The van der Waals surface area contributed by atoms with E-state index in [1.54, 1.807) is 17.1 Å². The predicted octanol–water partition coefficient (Wildman–Crippen LogP) is -2.61. The van der Waals surface area contributed by atoms with Crippen molar-refractivity contribution in [2.24, 2.45) is 0 Å². The van der Waals surface area contributed by atoms with Crippen molar-refractivity contribution in [1.29, 1.82) is 0 Å². The van der Waals surface area contributed by atoms with Crippen LogP contribution in [0.3, 0.4) is 0 Å². The molecule has 0 heterocycles. The van der Waals surface area contributed by atoms with Crippen molar-refractivity contribution in [3.8, 4) is 0 Å². The molecule has 70 valence electrons. The number of nitrogens with zero attached hydrogens (tertiary/aromatic N) is 1. The van der Waals surface area contributed by atoms with Crippen LogP contribution in [0.1, 0.15) is 0 Å². The minimum Gasteiger partial charge on any atom is -0.781 e. The molecule has 0 aliphatic carbocycles. The average molecular weight is 213 g/mol. The Bertz CT molecular complexity index is 167. The molecule has 0 aliphatic rings. The van der Waals surface area contributed by atoms with Crippen molar-refractivity contribution in [2.45, 2.75) is 0 Å². The molecule has 0 aromatic rings. The largest absolute Gasteiger partial charge is 1.00 e. The predicted molar refractivity (Wildman–Crippen MR) is 46.9 cm³/mol. The van der Waals surface area contributed by atoms with Crippen LogP contribution < -0.4 is 34.5 Å². The van der Waals surface area contributed by atoms with Crippen LogP contribution in [-0.4, -0.2) is 24.7 Å². The van der Waals surface area contributed by atoms with Crippen molar-refractivity contribution in [1.82, 2.24) is 4.90 Å². The first-order valence-corrected chi connectivity index (χ1v) is 4.71. The zero-order chi connectivity index (χ0) is 9.40. The topological polar surface area (TPSA) is 52.6 Å². The van der Waals surface area contributed by atoms with Gasteiger partial charge in [-0.1, -0.05) is 12.2 Å². The van der Waals surface area contributed by atoms with E-state index in [1.165, 1.54) is 0 Å². The summed E-state index contributed by atoms with van der Waals surface area (Å²) in [5, 5.41) is 0. The molecule has 13 heavy (non-hydrogen) atoms. The van der Waals surface area contributed by atoms with Crippen LogP contribution in [0, 0.1) is 0 Å². The van der Waals surface area contributed by atoms with Gasteiger partial charge in [0.05, 0.1) is 0 Å². The molecule has 1 atom stereocenters. The Hall–Kier alpha value is 0.590. The molecule has 6 heteroatoms. The summed E-state index contributed by atoms with van der Waals surface area (Å²) < 4.78 is 14.5. The molecular formula is C7H13NNaO3P. The molecule has 0 saturated heterocycles. The quantitative estimate of drug-likeness (QED) is 0.201. The second-order valence-corrected chi connectivity index (χ2v) is 2.93. The van der Waals surface area contributed by atoms with Gasteiger partial charge in [-0.05, 0) is 0 Å². The molecule has 0 rings (SSSR count). The third-order valence-electron chi connectivity index (χ3n) is 1.14. The van der Waals surface area contributed by atoms with Crippen LogP contribution in [0.15, 0.2) is 25.3 Å². The number of hydrogen-bond acceptors (Lipinski definition) is 4. The van der Waals surface area contributed by atoms with Crippen LogP contribution in [0.2, 0.25) is 0 Å². The second-order valence-electron chi connectivity index (χ2n) is 2.14. The van der Waals surface area contributed by atoms with Crippen molar-refractivity contribution in [2.75, 3.05) is 19.8 Å². The SMILES string of the molecule is C=CCN(CC=C)CO[PH](=O)[O-].[Na+]. The number of rotatable bonds is 7. The Balaban J connectivity index is 0. The maximum atomic E-state index is 10.1. The Labute approximate surface area is 102 Å². The molecule has 4 nitrogen and oxygen atoms in total. The van der Waals surface area contributed by atoms with E-state index in [-0.39, 0.29) is 36.3 Å². The van der Waals surface area contributed by atoms with Crippen molar-refractivity contribution >= 4 is 8.25 Å². The van der Waals surface area contributed by atoms with Gasteiger partial charge in [-0.3, -0.25) is 4.90 Å². The Morgan fingerprint density at radius 1 is 1.38 bits per heavy atom. The third kappa shape index (κ3) is 10.5. The molecule has 0 aliphatic heterocycles. The summed E-state index contributed by atoms with van der Waals surface area (Å²) in [6.07, 6.45) is 3.35. The van der Waals surface area contributed by atoms with E-state index in [9.17, 15) is 9.46 Å². The van der Waals surface area contributed by atoms with Gasteiger partial charge in [0.25, 0.3) is 0 Å². The number of hydrogen-bond donors (Lipinski definition) is 0.